The van der Waals surface area contributed by atoms with Crippen LogP contribution in [0.5, 0.6) is 5.75 Å². The maximum absolute atomic E-state index is 13.7. The van der Waals surface area contributed by atoms with Crippen molar-refractivity contribution in [1.82, 2.24) is 9.21 Å². The van der Waals surface area contributed by atoms with Crippen molar-refractivity contribution >= 4 is 27.5 Å². The first-order valence-electron chi connectivity index (χ1n) is 12.8. The Morgan fingerprint density at radius 3 is 2.42 bits per heavy atom. The number of rotatable bonds is 16. The Labute approximate surface area is 230 Å². The third kappa shape index (κ3) is 10.1. The van der Waals surface area contributed by atoms with Crippen molar-refractivity contribution in [2.24, 2.45) is 5.73 Å². The highest BCUT2D eigenvalue weighted by Crippen LogP contribution is 2.18. The number of aliphatic hydroxyl groups is 1. The number of nitrogens with two attached hydrogens (primary N) is 1. The molecule has 0 bridgehead atoms. The summed E-state index contributed by atoms with van der Waals surface area (Å²) in [4.78, 5) is 14.7. The molecular formula is C27H39ClFN3O5S. The number of hydrogen-bond donors (Lipinski definition) is 2. The summed E-state index contributed by atoms with van der Waals surface area (Å²) in [5.41, 5.74) is 7.48. The second kappa shape index (κ2) is 15.4. The molecule has 0 aliphatic carbocycles. The average molecular weight is 572 g/mol. The fraction of sp³-hybridized carbons (Fsp3) is 0.519. The van der Waals surface area contributed by atoms with Crippen LogP contribution in [-0.4, -0.2) is 73.3 Å². The summed E-state index contributed by atoms with van der Waals surface area (Å²) < 4.78 is 46.2. The van der Waals surface area contributed by atoms with Crippen LogP contribution in [0, 0.1) is 5.82 Å². The number of aliphatic hydroxyl groups excluding tert-OH is 1. The normalized spacial score (nSPS) is 13.4. The van der Waals surface area contributed by atoms with Gasteiger partial charge in [-0.1, -0.05) is 37.6 Å². The van der Waals surface area contributed by atoms with E-state index in [1.807, 2.05) is 19.9 Å². The lowest BCUT2D eigenvalue weighted by Gasteiger charge is -2.29. The summed E-state index contributed by atoms with van der Waals surface area (Å²) in [6.07, 6.45) is 0.0975. The Hall–Kier alpha value is -2.24. The quantitative estimate of drug-likeness (QED) is 0.318. The molecule has 212 valence electrons. The van der Waals surface area contributed by atoms with Crippen LogP contribution < -0.4 is 10.5 Å². The lowest BCUT2D eigenvalue weighted by Crippen LogP contribution is -2.46. The van der Waals surface area contributed by atoms with E-state index < -0.39 is 33.9 Å². The van der Waals surface area contributed by atoms with Crippen LogP contribution in [0.25, 0.3) is 0 Å². The highest BCUT2D eigenvalue weighted by atomic mass is 35.5. The second-order valence-corrected chi connectivity index (χ2v) is 11.8. The van der Waals surface area contributed by atoms with Crippen LogP contribution in [0.2, 0.25) is 5.02 Å². The van der Waals surface area contributed by atoms with E-state index in [1.54, 1.807) is 24.3 Å². The summed E-state index contributed by atoms with van der Waals surface area (Å²) in [6.45, 7) is 4.60. The number of sulfonamides is 1. The van der Waals surface area contributed by atoms with Gasteiger partial charge < -0.3 is 20.5 Å². The summed E-state index contributed by atoms with van der Waals surface area (Å²) in [5.74, 6) is -0.660. The maximum atomic E-state index is 13.7. The van der Waals surface area contributed by atoms with Gasteiger partial charge in [-0.25, -0.2) is 17.1 Å². The van der Waals surface area contributed by atoms with E-state index in [9.17, 15) is 22.7 Å². The van der Waals surface area contributed by atoms with Gasteiger partial charge in [-0.15, -0.1) is 0 Å². The zero-order chi connectivity index (χ0) is 28.3. The molecule has 0 radical (unpaired) electrons. The number of nitrogens with zero attached hydrogens (tertiary/aromatic N) is 2. The molecular weight excluding hydrogens is 533 g/mol. The van der Waals surface area contributed by atoms with Gasteiger partial charge in [0.05, 0.1) is 19.0 Å². The molecule has 2 rings (SSSR count). The summed E-state index contributed by atoms with van der Waals surface area (Å²) in [7, 11) is -2.09. The summed E-state index contributed by atoms with van der Waals surface area (Å²) in [5, 5.41) is 11.1. The minimum Gasteiger partial charge on any atom is -0.497 e. The molecule has 2 aromatic carbocycles. The fourth-order valence-electron chi connectivity index (χ4n) is 4.14. The van der Waals surface area contributed by atoms with E-state index >= 15 is 0 Å². The number of benzene rings is 2. The number of ether oxygens (including phenoxy) is 1. The molecule has 0 unspecified atom stereocenters. The van der Waals surface area contributed by atoms with E-state index in [4.69, 9.17) is 22.1 Å². The van der Waals surface area contributed by atoms with Gasteiger partial charge in [0.1, 0.15) is 11.6 Å². The molecule has 1 amide bonds. The molecule has 0 fully saturated rings. The molecule has 3 N–H and O–H groups in total. The van der Waals surface area contributed by atoms with E-state index in [2.05, 4.69) is 0 Å². The predicted molar refractivity (Wildman–Crippen MR) is 148 cm³/mol. The average Bonchev–Trinajstić information content (AvgIpc) is 2.86. The van der Waals surface area contributed by atoms with E-state index in [-0.39, 0.29) is 36.7 Å². The lowest BCUT2D eigenvalue weighted by molar-refractivity contribution is -0.133. The van der Waals surface area contributed by atoms with Gasteiger partial charge in [0.2, 0.25) is 15.9 Å². The monoisotopic (exact) mass is 571 g/mol. The van der Waals surface area contributed by atoms with E-state index in [1.165, 1.54) is 28.4 Å². The molecule has 0 saturated carbocycles. The van der Waals surface area contributed by atoms with Crippen molar-refractivity contribution in [1.29, 1.82) is 0 Å². The maximum Gasteiger partial charge on any atom is 0.224 e. The molecule has 8 nitrogen and oxygen atoms in total. The van der Waals surface area contributed by atoms with Crippen LogP contribution in [0.15, 0.2) is 42.5 Å². The minimum atomic E-state index is -3.62. The van der Waals surface area contributed by atoms with Crippen LogP contribution in [-0.2, 0) is 27.8 Å². The first-order chi connectivity index (χ1) is 18.0. The number of carbonyl (C=O) groups excluding carboxylic acids is 1. The van der Waals surface area contributed by atoms with Gasteiger partial charge in [-0.3, -0.25) is 4.79 Å². The zero-order valence-corrected chi connectivity index (χ0v) is 23.8. The Morgan fingerprint density at radius 2 is 1.82 bits per heavy atom. The van der Waals surface area contributed by atoms with Crippen molar-refractivity contribution in [2.45, 2.75) is 58.2 Å². The van der Waals surface area contributed by atoms with Crippen molar-refractivity contribution in [3.8, 4) is 5.75 Å². The molecule has 2 atom stereocenters. The second-order valence-electron chi connectivity index (χ2n) is 9.30. The number of carbonyl (C=O) groups is 1. The molecule has 0 aromatic heterocycles. The fourth-order valence-corrected chi connectivity index (χ4v) is 5.99. The van der Waals surface area contributed by atoms with E-state index in [0.29, 0.717) is 37.2 Å². The van der Waals surface area contributed by atoms with Crippen LogP contribution in [0.3, 0.4) is 0 Å². The van der Waals surface area contributed by atoms with Gasteiger partial charge >= 0.3 is 0 Å². The summed E-state index contributed by atoms with van der Waals surface area (Å²) in [6, 6.07) is 10.4. The number of hydrogen-bond acceptors (Lipinski definition) is 6. The summed E-state index contributed by atoms with van der Waals surface area (Å²) >= 11 is 5.93. The first kappa shape index (κ1) is 32.0. The van der Waals surface area contributed by atoms with Gasteiger partial charge in [-0.05, 0) is 60.7 Å². The van der Waals surface area contributed by atoms with Gasteiger partial charge in [0, 0.05) is 43.7 Å². The Kier molecular flexibility index (Phi) is 12.9. The van der Waals surface area contributed by atoms with Crippen LogP contribution >= 0.6 is 11.6 Å². The highest BCUT2D eigenvalue weighted by Gasteiger charge is 2.26. The smallest absolute Gasteiger partial charge is 0.224 e. The first-order valence-corrected chi connectivity index (χ1v) is 14.7. The molecule has 11 heteroatoms. The molecule has 0 aliphatic heterocycles. The highest BCUT2D eigenvalue weighted by molar-refractivity contribution is 7.89. The Bertz CT molecular complexity index is 1130. The van der Waals surface area contributed by atoms with E-state index in [0.717, 1.165) is 5.56 Å². The largest absolute Gasteiger partial charge is 0.497 e. The third-order valence-corrected chi connectivity index (χ3v) is 8.16. The van der Waals surface area contributed by atoms with Gasteiger partial charge in [0.15, 0.2) is 0 Å². The van der Waals surface area contributed by atoms with Crippen LogP contribution in [0.4, 0.5) is 4.39 Å². The molecule has 2 aromatic rings. The minimum absolute atomic E-state index is 0.124. The molecule has 0 heterocycles. The lowest BCUT2D eigenvalue weighted by atomic mass is 10.0. The van der Waals surface area contributed by atoms with Crippen molar-refractivity contribution in [2.75, 3.05) is 32.5 Å². The van der Waals surface area contributed by atoms with Crippen LogP contribution in [0.1, 0.15) is 44.2 Å². The Morgan fingerprint density at radius 1 is 1.13 bits per heavy atom. The number of methoxy groups -OCH3 is 1. The molecule has 0 saturated heterocycles. The predicted octanol–water partition coefficient (Wildman–Crippen LogP) is 3.59. The van der Waals surface area contributed by atoms with Crippen molar-refractivity contribution in [3.05, 3.63) is 64.4 Å². The molecule has 0 spiro atoms. The molecule has 0 aliphatic rings. The van der Waals surface area contributed by atoms with Gasteiger partial charge in [0.25, 0.3) is 0 Å². The Balaban J connectivity index is 2.18. The van der Waals surface area contributed by atoms with Gasteiger partial charge in [-0.2, -0.15) is 0 Å². The standard InChI is InChI=1S/C27H39ClFN3O5S/c1-4-10-32(11-5-2)38(35,36)12-9-27(34)31(18-20-7-6-8-24(15-20)37-3)19-26(33)25(30)16-21-13-22(28)17-23(29)14-21/h6-8,13-15,17,25-26,33H,4-5,9-12,16,18-19,30H2,1-3H3/t25-,26+/m0/s1. The number of amides is 1. The molecule has 38 heavy (non-hydrogen) atoms. The third-order valence-electron chi connectivity index (χ3n) is 6.07. The number of halogens is 2. The zero-order valence-electron chi connectivity index (χ0n) is 22.3. The SMILES string of the molecule is CCCN(CCC)S(=O)(=O)CCC(=O)N(Cc1cccc(OC)c1)C[C@@H](O)[C@@H](N)Cc1cc(F)cc(Cl)c1. The van der Waals surface area contributed by atoms with Crippen molar-refractivity contribution < 1.29 is 27.4 Å². The topological polar surface area (TPSA) is 113 Å². The van der Waals surface area contributed by atoms with Crippen molar-refractivity contribution in [3.63, 3.8) is 0 Å².